The zero-order valence-electron chi connectivity index (χ0n) is 18.1. The van der Waals surface area contributed by atoms with Gasteiger partial charge in [0.1, 0.15) is 11.9 Å². The van der Waals surface area contributed by atoms with Crippen LogP contribution in [-0.4, -0.2) is 49.7 Å². The zero-order valence-corrected chi connectivity index (χ0v) is 18.1. The number of carbonyl (C=O) groups excluding carboxylic acids is 1. The maximum Gasteiger partial charge on any atom is 0.311 e. The highest BCUT2D eigenvalue weighted by Gasteiger charge is 2.52. The third-order valence-corrected chi connectivity index (χ3v) is 8.10. The summed E-state index contributed by atoms with van der Waals surface area (Å²) >= 11 is 0. The van der Waals surface area contributed by atoms with Crippen molar-refractivity contribution in [2.75, 3.05) is 37.6 Å². The molecular weight excluding hydrogens is 379 g/mol. The van der Waals surface area contributed by atoms with Gasteiger partial charge < -0.3 is 9.64 Å². The maximum absolute atomic E-state index is 14.1. The van der Waals surface area contributed by atoms with Gasteiger partial charge in [-0.3, -0.25) is 9.69 Å². The van der Waals surface area contributed by atoms with Crippen molar-refractivity contribution in [2.45, 2.75) is 45.6 Å². The van der Waals surface area contributed by atoms with Crippen LogP contribution in [-0.2, 0) is 9.53 Å². The van der Waals surface area contributed by atoms with Gasteiger partial charge in [0, 0.05) is 38.6 Å². The number of rotatable bonds is 3. The molecule has 2 aliphatic carbocycles. The van der Waals surface area contributed by atoms with Gasteiger partial charge in [0.25, 0.3) is 0 Å². The van der Waals surface area contributed by atoms with E-state index in [2.05, 4.69) is 29.7 Å². The number of nitrogens with zero attached hydrogens (tertiary/aromatic N) is 2. The molecule has 0 amide bonds. The predicted octanol–water partition coefficient (Wildman–Crippen LogP) is 4.26. The fraction of sp³-hybridized carbons (Fsp3) is 0.640. The third kappa shape index (κ3) is 3.45. The molecule has 5 atom stereocenters. The first-order valence-corrected chi connectivity index (χ1v) is 11.6. The van der Waals surface area contributed by atoms with Gasteiger partial charge in [-0.15, -0.1) is 0 Å². The number of hydrogen-bond acceptors (Lipinski definition) is 4. The number of esters is 1. The van der Waals surface area contributed by atoms with Crippen LogP contribution in [0.3, 0.4) is 0 Å². The molecule has 2 aliphatic heterocycles. The van der Waals surface area contributed by atoms with Crippen molar-refractivity contribution < 1.29 is 13.9 Å². The Hall–Kier alpha value is -1.88. The summed E-state index contributed by atoms with van der Waals surface area (Å²) in [5, 5.41) is 0. The topological polar surface area (TPSA) is 32.8 Å². The number of allylic oxidation sites excluding steroid dienone is 1. The number of halogens is 1. The van der Waals surface area contributed by atoms with Crippen LogP contribution in [0.1, 0.15) is 39.5 Å². The van der Waals surface area contributed by atoms with Crippen molar-refractivity contribution in [3.05, 3.63) is 41.7 Å². The second kappa shape index (κ2) is 7.67. The number of para-hydroxylation sites is 1. The first kappa shape index (κ1) is 20.0. The highest BCUT2D eigenvalue weighted by molar-refractivity contribution is 5.76. The summed E-state index contributed by atoms with van der Waals surface area (Å²) in [6.07, 6.45) is 7.21. The monoisotopic (exact) mass is 412 g/mol. The van der Waals surface area contributed by atoms with E-state index in [4.69, 9.17) is 4.74 Å². The molecule has 30 heavy (non-hydrogen) atoms. The van der Waals surface area contributed by atoms with Crippen LogP contribution < -0.4 is 4.90 Å². The van der Waals surface area contributed by atoms with Gasteiger partial charge in [0.15, 0.2) is 0 Å². The minimum absolute atomic E-state index is 0.0201. The second-order valence-corrected chi connectivity index (χ2v) is 10.1. The number of piperazine rings is 1. The Labute approximate surface area is 179 Å². The maximum atomic E-state index is 14.1. The number of anilines is 1. The van der Waals surface area contributed by atoms with Gasteiger partial charge in [-0.2, -0.15) is 0 Å². The smallest absolute Gasteiger partial charge is 0.311 e. The molecule has 5 heteroatoms. The van der Waals surface area contributed by atoms with E-state index < -0.39 is 0 Å². The predicted molar refractivity (Wildman–Crippen MR) is 116 cm³/mol. The highest BCUT2D eigenvalue weighted by Crippen LogP contribution is 2.54. The summed E-state index contributed by atoms with van der Waals surface area (Å²) < 4.78 is 20.0. The van der Waals surface area contributed by atoms with E-state index in [9.17, 15) is 9.18 Å². The summed E-state index contributed by atoms with van der Waals surface area (Å²) in [4.78, 5) is 17.3. The third-order valence-electron chi connectivity index (χ3n) is 8.10. The molecule has 1 aromatic carbocycles. The van der Waals surface area contributed by atoms with Crippen molar-refractivity contribution >= 4 is 11.7 Å². The van der Waals surface area contributed by atoms with E-state index in [1.807, 2.05) is 12.1 Å². The van der Waals surface area contributed by atoms with Crippen LogP contribution in [0.25, 0.3) is 0 Å². The SMILES string of the molecule is CC1CCCC2(C)CC3OC(=O)C(CN4CCN(c5ccccc5F)CC4)C3C=C12. The minimum atomic E-state index is -0.161. The molecule has 1 aromatic rings. The van der Waals surface area contributed by atoms with E-state index in [1.165, 1.54) is 25.3 Å². The molecule has 5 rings (SSSR count). The van der Waals surface area contributed by atoms with Gasteiger partial charge in [-0.05, 0) is 42.7 Å². The number of hydrogen-bond donors (Lipinski definition) is 0. The first-order valence-electron chi connectivity index (χ1n) is 11.6. The Kier molecular flexibility index (Phi) is 5.12. The molecule has 0 spiro atoms. The quantitative estimate of drug-likeness (QED) is 0.549. The lowest BCUT2D eigenvalue weighted by atomic mass is 9.59. The highest BCUT2D eigenvalue weighted by atomic mass is 19.1. The molecule has 1 saturated carbocycles. The van der Waals surface area contributed by atoms with Gasteiger partial charge in [-0.25, -0.2) is 4.39 Å². The molecule has 162 valence electrons. The number of fused-ring (bicyclic) bond motifs is 2. The van der Waals surface area contributed by atoms with E-state index in [-0.39, 0.29) is 35.1 Å². The lowest BCUT2D eigenvalue weighted by Crippen LogP contribution is -2.49. The van der Waals surface area contributed by atoms with Crippen LogP contribution in [0.2, 0.25) is 0 Å². The van der Waals surface area contributed by atoms with Crippen molar-refractivity contribution in [2.24, 2.45) is 23.2 Å². The standard InChI is InChI=1S/C25H33FN2O2/c1-17-6-5-9-25(2)15-23-18(14-20(17)25)19(24(29)30-23)16-27-10-12-28(13-11-27)22-8-4-3-7-21(22)26/h3-4,7-8,14,17-19,23H,5-6,9-13,15-16H2,1-2H3. The Balaban J connectivity index is 1.27. The summed E-state index contributed by atoms with van der Waals surface area (Å²) in [5.41, 5.74) is 2.46. The van der Waals surface area contributed by atoms with E-state index in [1.54, 1.807) is 11.6 Å². The van der Waals surface area contributed by atoms with Crippen molar-refractivity contribution in [3.63, 3.8) is 0 Å². The Morgan fingerprint density at radius 2 is 1.97 bits per heavy atom. The largest absolute Gasteiger partial charge is 0.461 e. The van der Waals surface area contributed by atoms with Crippen LogP contribution in [0.15, 0.2) is 35.9 Å². The molecule has 0 bridgehead atoms. The Morgan fingerprint density at radius 1 is 1.20 bits per heavy atom. The molecule has 2 saturated heterocycles. The zero-order chi connectivity index (χ0) is 20.9. The lowest BCUT2D eigenvalue weighted by molar-refractivity contribution is -0.145. The van der Waals surface area contributed by atoms with Crippen molar-refractivity contribution in [1.82, 2.24) is 4.90 Å². The number of benzene rings is 1. The van der Waals surface area contributed by atoms with Crippen LogP contribution in [0, 0.1) is 29.0 Å². The Bertz CT molecular complexity index is 847. The lowest BCUT2D eigenvalue weighted by Gasteiger charge is -2.46. The van der Waals surface area contributed by atoms with Crippen LogP contribution in [0.4, 0.5) is 10.1 Å². The van der Waals surface area contributed by atoms with Gasteiger partial charge >= 0.3 is 5.97 Å². The van der Waals surface area contributed by atoms with Gasteiger partial charge in [0.05, 0.1) is 11.6 Å². The minimum Gasteiger partial charge on any atom is -0.461 e. The molecule has 3 fully saturated rings. The molecular formula is C25H33FN2O2. The normalized spacial score (nSPS) is 36.7. The molecule has 5 unspecified atom stereocenters. The summed E-state index contributed by atoms with van der Waals surface area (Å²) in [7, 11) is 0. The van der Waals surface area contributed by atoms with Crippen molar-refractivity contribution in [3.8, 4) is 0 Å². The van der Waals surface area contributed by atoms with E-state index in [0.717, 1.165) is 39.1 Å². The molecule has 2 heterocycles. The molecule has 4 aliphatic rings. The molecule has 0 N–H and O–H groups in total. The van der Waals surface area contributed by atoms with Gasteiger partial charge in [-0.1, -0.05) is 44.1 Å². The van der Waals surface area contributed by atoms with Crippen LogP contribution >= 0.6 is 0 Å². The molecule has 4 nitrogen and oxygen atoms in total. The summed E-state index contributed by atoms with van der Waals surface area (Å²) in [5.74, 6) is 0.581. The van der Waals surface area contributed by atoms with Gasteiger partial charge in [0.2, 0.25) is 0 Å². The van der Waals surface area contributed by atoms with E-state index >= 15 is 0 Å². The van der Waals surface area contributed by atoms with E-state index in [0.29, 0.717) is 11.6 Å². The number of ether oxygens (including phenoxy) is 1. The fourth-order valence-electron chi connectivity index (χ4n) is 6.42. The average Bonchev–Trinajstić information content (AvgIpc) is 3.01. The van der Waals surface area contributed by atoms with Crippen molar-refractivity contribution in [1.29, 1.82) is 0 Å². The number of carbonyl (C=O) groups is 1. The average molecular weight is 413 g/mol. The fourth-order valence-corrected chi connectivity index (χ4v) is 6.42. The first-order chi connectivity index (χ1) is 14.4. The molecule has 0 aromatic heterocycles. The molecule has 0 radical (unpaired) electrons. The Morgan fingerprint density at radius 3 is 2.73 bits per heavy atom. The summed E-state index contributed by atoms with van der Waals surface area (Å²) in [6.45, 7) is 8.73. The second-order valence-electron chi connectivity index (χ2n) is 10.1. The van der Waals surface area contributed by atoms with Crippen LogP contribution in [0.5, 0.6) is 0 Å². The summed E-state index contributed by atoms with van der Waals surface area (Å²) in [6, 6.07) is 6.98.